The first-order chi connectivity index (χ1) is 6.43. The Labute approximate surface area is 100 Å². The van der Waals surface area contributed by atoms with E-state index in [1.165, 1.54) is 6.92 Å². The van der Waals surface area contributed by atoms with Crippen LogP contribution in [0, 0.1) is 13.8 Å². The van der Waals surface area contributed by atoms with Crippen LogP contribution in [0.25, 0.3) is 0 Å². The Bertz CT molecular complexity index is 388. The molecular formula is C10H11Br2NO. The summed E-state index contributed by atoms with van der Waals surface area (Å²) in [7, 11) is 0. The molecule has 1 N–H and O–H groups in total. The van der Waals surface area contributed by atoms with Crippen LogP contribution >= 0.6 is 31.9 Å². The Morgan fingerprint density at radius 1 is 1.29 bits per heavy atom. The number of carbonyl (C=O) groups is 1. The quantitative estimate of drug-likeness (QED) is 0.838. The summed E-state index contributed by atoms with van der Waals surface area (Å²) in [5.74, 6) is -0.0631. The number of aryl methyl sites for hydroxylation is 1. The maximum atomic E-state index is 10.9. The zero-order valence-corrected chi connectivity index (χ0v) is 11.4. The lowest BCUT2D eigenvalue weighted by molar-refractivity contribution is -0.114. The number of nitrogens with one attached hydrogen (secondary N) is 1. The van der Waals surface area contributed by atoms with Crippen molar-refractivity contribution in [1.29, 1.82) is 0 Å². The molecule has 0 aromatic heterocycles. The van der Waals surface area contributed by atoms with Crippen molar-refractivity contribution in [3.05, 3.63) is 26.1 Å². The molecule has 1 rings (SSSR count). The minimum Gasteiger partial charge on any atom is -0.325 e. The Balaban J connectivity index is 3.25. The molecule has 0 unspecified atom stereocenters. The van der Waals surface area contributed by atoms with Crippen LogP contribution in [0.1, 0.15) is 18.1 Å². The van der Waals surface area contributed by atoms with Gasteiger partial charge in [0.15, 0.2) is 0 Å². The van der Waals surface area contributed by atoms with Gasteiger partial charge in [-0.15, -0.1) is 0 Å². The van der Waals surface area contributed by atoms with Gasteiger partial charge in [-0.3, -0.25) is 4.79 Å². The second-order valence-corrected chi connectivity index (χ2v) is 4.76. The van der Waals surface area contributed by atoms with Gasteiger partial charge in [0.05, 0.1) is 5.69 Å². The van der Waals surface area contributed by atoms with E-state index in [0.717, 1.165) is 25.8 Å². The topological polar surface area (TPSA) is 29.1 Å². The van der Waals surface area contributed by atoms with Crippen molar-refractivity contribution in [2.24, 2.45) is 0 Å². The number of amides is 1. The highest BCUT2D eigenvalue weighted by atomic mass is 79.9. The molecule has 0 aliphatic rings. The molecule has 76 valence electrons. The summed E-state index contributed by atoms with van der Waals surface area (Å²) in [5, 5.41) is 2.78. The lowest BCUT2D eigenvalue weighted by Gasteiger charge is -2.11. The van der Waals surface area contributed by atoms with Gasteiger partial charge in [0.2, 0.25) is 5.91 Å². The fourth-order valence-corrected chi connectivity index (χ4v) is 2.21. The van der Waals surface area contributed by atoms with E-state index in [9.17, 15) is 4.79 Å². The Morgan fingerprint density at radius 3 is 2.36 bits per heavy atom. The van der Waals surface area contributed by atoms with Crippen molar-refractivity contribution in [3.8, 4) is 0 Å². The van der Waals surface area contributed by atoms with Gasteiger partial charge in [0, 0.05) is 15.9 Å². The average Bonchev–Trinajstić information content (AvgIpc) is 2.10. The van der Waals surface area contributed by atoms with Gasteiger partial charge in [-0.1, -0.05) is 15.9 Å². The van der Waals surface area contributed by atoms with Crippen molar-refractivity contribution in [2.45, 2.75) is 20.8 Å². The zero-order valence-electron chi connectivity index (χ0n) is 8.24. The molecule has 4 heteroatoms. The average molecular weight is 321 g/mol. The van der Waals surface area contributed by atoms with E-state index in [1.54, 1.807) is 0 Å². The lowest BCUT2D eigenvalue weighted by atomic mass is 10.1. The maximum absolute atomic E-state index is 10.9. The minimum absolute atomic E-state index is 0.0631. The number of halogens is 2. The van der Waals surface area contributed by atoms with E-state index in [0.29, 0.717) is 0 Å². The first-order valence-electron chi connectivity index (χ1n) is 4.16. The predicted octanol–water partition coefficient (Wildman–Crippen LogP) is 3.79. The smallest absolute Gasteiger partial charge is 0.221 e. The minimum atomic E-state index is -0.0631. The molecule has 0 spiro atoms. The van der Waals surface area contributed by atoms with E-state index in [-0.39, 0.29) is 5.91 Å². The molecule has 0 fully saturated rings. The second kappa shape index (κ2) is 4.45. The third-order valence-electron chi connectivity index (χ3n) is 1.91. The molecule has 1 aromatic carbocycles. The third kappa shape index (κ3) is 2.36. The van der Waals surface area contributed by atoms with Gasteiger partial charge in [-0.05, 0) is 47.0 Å². The van der Waals surface area contributed by atoms with Gasteiger partial charge in [0.25, 0.3) is 0 Å². The maximum Gasteiger partial charge on any atom is 0.221 e. The molecule has 2 nitrogen and oxygen atoms in total. The molecule has 0 heterocycles. The van der Waals surface area contributed by atoms with E-state index in [1.807, 2.05) is 19.9 Å². The van der Waals surface area contributed by atoms with Crippen LogP contribution in [0.5, 0.6) is 0 Å². The summed E-state index contributed by atoms with van der Waals surface area (Å²) in [6.07, 6.45) is 0. The van der Waals surface area contributed by atoms with Crippen molar-refractivity contribution in [1.82, 2.24) is 0 Å². The molecule has 14 heavy (non-hydrogen) atoms. The molecular weight excluding hydrogens is 310 g/mol. The summed E-state index contributed by atoms with van der Waals surface area (Å²) in [5.41, 5.74) is 3.01. The number of benzene rings is 1. The molecule has 1 aromatic rings. The van der Waals surface area contributed by atoms with Crippen LogP contribution in [-0.4, -0.2) is 5.91 Å². The fourth-order valence-electron chi connectivity index (χ4n) is 1.22. The van der Waals surface area contributed by atoms with Gasteiger partial charge in [-0.2, -0.15) is 0 Å². The second-order valence-electron chi connectivity index (χ2n) is 3.18. The summed E-state index contributed by atoms with van der Waals surface area (Å²) in [6.45, 7) is 5.49. The Hall–Kier alpha value is -0.350. The number of hydrogen-bond acceptors (Lipinski definition) is 1. The van der Waals surface area contributed by atoms with Crippen LogP contribution < -0.4 is 5.32 Å². The highest BCUT2D eigenvalue weighted by Crippen LogP contribution is 2.34. The van der Waals surface area contributed by atoms with E-state index in [2.05, 4.69) is 37.2 Å². The number of carbonyl (C=O) groups excluding carboxylic acids is 1. The summed E-state index contributed by atoms with van der Waals surface area (Å²) in [4.78, 5) is 10.9. The first kappa shape index (κ1) is 11.7. The van der Waals surface area contributed by atoms with E-state index < -0.39 is 0 Å². The predicted molar refractivity (Wildman–Crippen MR) is 65.6 cm³/mol. The molecule has 0 bridgehead atoms. The SMILES string of the molecule is CC(=O)Nc1cc(C)c(Br)c(C)c1Br. The first-order valence-corrected chi connectivity index (χ1v) is 5.75. The fraction of sp³-hybridized carbons (Fsp3) is 0.300. The molecule has 0 saturated heterocycles. The Kier molecular flexibility index (Phi) is 3.72. The number of rotatable bonds is 1. The number of hydrogen-bond donors (Lipinski definition) is 1. The molecule has 0 atom stereocenters. The molecule has 0 aliphatic heterocycles. The zero-order chi connectivity index (χ0) is 10.9. The highest BCUT2D eigenvalue weighted by molar-refractivity contribution is 9.11. The van der Waals surface area contributed by atoms with E-state index >= 15 is 0 Å². The van der Waals surface area contributed by atoms with Gasteiger partial charge < -0.3 is 5.32 Å². The van der Waals surface area contributed by atoms with Crippen LogP contribution in [-0.2, 0) is 4.79 Å². The third-order valence-corrected chi connectivity index (χ3v) is 4.15. The van der Waals surface area contributed by atoms with Gasteiger partial charge >= 0.3 is 0 Å². The molecule has 0 saturated carbocycles. The normalized spacial score (nSPS) is 10.1. The monoisotopic (exact) mass is 319 g/mol. The van der Waals surface area contributed by atoms with Crippen molar-refractivity contribution < 1.29 is 4.79 Å². The van der Waals surface area contributed by atoms with Crippen molar-refractivity contribution in [3.63, 3.8) is 0 Å². The van der Waals surface area contributed by atoms with Crippen LogP contribution in [0.2, 0.25) is 0 Å². The molecule has 1 amide bonds. The van der Waals surface area contributed by atoms with E-state index in [4.69, 9.17) is 0 Å². The summed E-state index contributed by atoms with van der Waals surface area (Å²) < 4.78 is 1.99. The van der Waals surface area contributed by atoms with Gasteiger partial charge in [0.1, 0.15) is 0 Å². The van der Waals surface area contributed by atoms with Crippen LogP contribution in [0.15, 0.2) is 15.0 Å². The van der Waals surface area contributed by atoms with Gasteiger partial charge in [-0.25, -0.2) is 0 Å². The van der Waals surface area contributed by atoms with Crippen molar-refractivity contribution in [2.75, 3.05) is 5.32 Å². The number of anilines is 1. The highest BCUT2D eigenvalue weighted by Gasteiger charge is 2.09. The summed E-state index contributed by atoms with van der Waals surface area (Å²) in [6, 6.07) is 1.93. The molecule has 0 radical (unpaired) electrons. The Morgan fingerprint density at radius 2 is 1.86 bits per heavy atom. The van der Waals surface area contributed by atoms with Crippen molar-refractivity contribution >= 4 is 43.5 Å². The lowest BCUT2D eigenvalue weighted by Crippen LogP contribution is -2.07. The molecule has 0 aliphatic carbocycles. The largest absolute Gasteiger partial charge is 0.325 e. The van der Waals surface area contributed by atoms with Crippen LogP contribution in [0.4, 0.5) is 5.69 Å². The standard InChI is InChI=1S/C10H11Br2NO/c1-5-4-8(13-7(3)14)10(12)6(2)9(5)11/h4H,1-3H3,(H,13,14). The van der Waals surface area contributed by atoms with Crippen LogP contribution in [0.3, 0.4) is 0 Å². The summed E-state index contributed by atoms with van der Waals surface area (Å²) >= 11 is 6.94.